The second kappa shape index (κ2) is 5.82. The molecule has 0 amide bonds. The molecule has 0 aliphatic heterocycles. The molecule has 0 unspecified atom stereocenters. The Morgan fingerprint density at radius 2 is 2.35 bits per heavy atom. The zero-order chi connectivity index (χ0) is 12.1. The maximum atomic E-state index is 5.70. The van der Waals surface area contributed by atoms with Crippen molar-refractivity contribution in [1.82, 2.24) is 14.8 Å². The molecule has 2 heterocycles. The highest BCUT2D eigenvalue weighted by molar-refractivity contribution is 9.08. The third-order valence-corrected chi connectivity index (χ3v) is 2.87. The Hall–Kier alpha value is -1.36. The average Bonchev–Trinajstić information content (AvgIpc) is 2.78. The third-order valence-electron chi connectivity index (χ3n) is 2.27. The van der Waals surface area contributed by atoms with Gasteiger partial charge in [-0.2, -0.15) is 5.10 Å². The fourth-order valence-corrected chi connectivity index (χ4v) is 1.90. The van der Waals surface area contributed by atoms with E-state index in [0.717, 1.165) is 29.6 Å². The van der Waals surface area contributed by atoms with Crippen LogP contribution in [0, 0.1) is 0 Å². The molecule has 0 fully saturated rings. The molecule has 0 aromatic carbocycles. The molecule has 0 aliphatic carbocycles. The molecule has 0 bridgehead atoms. The van der Waals surface area contributed by atoms with E-state index in [1.54, 1.807) is 12.4 Å². The molecule has 2 rings (SSSR count). The first-order chi connectivity index (χ1) is 8.33. The fourth-order valence-electron chi connectivity index (χ4n) is 1.48. The van der Waals surface area contributed by atoms with E-state index in [0.29, 0.717) is 5.88 Å². The largest absolute Gasteiger partial charge is 0.435 e. The zero-order valence-electron chi connectivity index (χ0n) is 9.64. The fraction of sp³-hybridized carbons (Fsp3) is 0.333. The summed E-state index contributed by atoms with van der Waals surface area (Å²) in [6.07, 6.45) is 6.37. The predicted molar refractivity (Wildman–Crippen MR) is 69.5 cm³/mol. The normalized spacial score (nSPS) is 10.5. The van der Waals surface area contributed by atoms with E-state index in [1.807, 2.05) is 23.0 Å². The van der Waals surface area contributed by atoms with E-state index in [-0.39, 0.29) is 0 Å². The quantitative estimate of drug-likeness (QED) is 0.794. The average molecular weight is 296 g/mol. The first-order valence-corrected chi connectivity index (χ1v) is 6.65. The molecule has 0 aliphatic rings. The summed E-state index contributed by atoms with van der Waals surface area (Å²) in [6.45, 7) is 3.01. The second-order valence-corrected chi connectivity index (χ2v) is 4.20. The van der Waals surface area contributed by atoms with Gasteiger partial charge in [0.2, 0.25) is 5.88 Å². The molecular weight excluding hydrogens is 282 g/mol. The van der Waals surface area contributed by atoms with Crippen molar-refractivity contribution in [2.75, 3.05) is 0 Å². The van der Waals surface area contributed by atoms with Gasteiger partial charge in [0.05, 0.1) is 12.4 Å². The molecule has 2 aromatic heterocycles. The number of aryl methyl sites for hydroxylation is 1. The lowest BCUT2D eigenvalue weighted by molar-refractivity contribution is 0.457. The minimum atomic E-state index is 0.625. The molecule has 0 saturated carbocycles. The van der Waals surface area contributed by atoms with Crippen molar-refractivity contribution in [3.63, 3.8) is 0 Å². The third kappa shape index (κ3) is 3.06. The van der Waals surface area contributed by atoms with E-state index in [1.165, 1.54) is 0 Å². The Bertz CT molecular complexity index is 484. The van der Waals surface area contributed by atoms with Gasteiger partial charge in [0.1, 0.15) is 0 Å². The maximum absolute atomic E-state index is 5.70. The number of pyridine rings is 1. The zero-order valence-corrected chi connectivity index (χ0v) is 11.2. The molecule has 0 saturated heterocycles. The van der Waals surface area contributed by atoms with Crippen LogP contribution in [0.25, 0.3) is 0 Å². The van der Waals surface area contributed by atoms with Crippen LogP contribution in [-0.4, -0.2) is 14.8 Å². The minimum Gasteiger partial charge on any atom is -0.435 e. The van der Waals surface area contributed by atoms with Crippen LogP contribution in [0.3, 0.4) is 0 Å². The van der Waals surface area contributed by atoms with Gasteiger partial charge < -0.3 is 4.74 Å². The van der Waals surface area contributed by atoms with Gasteiger partial charge >= 0.3 is 0 Å². The van der Waals surface area contributed by atoms with Crippen LogP contribution in [0.4, 0.5) is 0 Å². The Morgan fingerprint density at radius 3 is 3.12 bits per heavy atom. The summed E-state index contributed by atoms with van der Waals surface area (Å²) in [5.74, 6) is 1.35. The molecule has 5 heteroatoms. The Morgan fingerprint density at radius 1 is 1.47 bits per heavy atom. The highest BCUT2D eigenvalue weighted by Crippen LogP contribution is 2.23. The highest BCUT2D eigenvalue weighted by Gasteiger charge is 2.06. The van der Waals surface area contributed by atoms with Crippen molar-refractivity contribution in [1.29, 1.82) is 0 Å². The summed E-state index contributed by atoms with van der Waals surface area (Å²) in [7, 11) is 0. The number of nitrogens with zero attached hydrogens (tertiary/aromatic N) is 3. The SMILES string of the molecule is CCCn1cc(Oc2ncccc2CBr)cn1. The molecule has 90 valence electrons. The summed E-state index contributed by atoms with van der Waals surface area (Å²) >= 11 is 3.41. The first kappa shape index (κ1) is 12.1. The number of ether oxygens (including phenoxy) is 1. The van der Waals surface area contributed by atoms with Crippen molar-refractivity contribution >= 4 is 15.9 Å². The molecule has 2 aromatic rings. The number of rotatable bonds is 5. The lowest BCUT2D eigenvalue weighted by atomic mass is 10.3. The van der Waals surface area contributed by atoms with Gasteiger partial charge in [-0.05, 0) is 12.5 Å². The van der Waals surface area contributed by atoms with Gasteiger partial charge in [-0.25, -0.2) is 4.98 Å². The summed E-state index contributed by atoms with van der Waals surface area (Å²) in [5.41, 5.74) is 1.02. The molecule has 0 N–H and O–H groups in total. The van der Waals surface area contributed by atoms with Crippen molar-refractivity contribution in [2.45, 2.75) is 25.2 Å². The Labute approximate surface area is 109 Å². The Balaban J connectivity index is 2.13. The lowest BCUT2D eigenvalue weighted by Gasteiger charge is -2.05. The number of hydrogen-bond acceptors (Lipinski definition) is 3. The van der Waals surface area contributed by atoms with Crippen LogP contribution in [0.2, 0.25) is 0 Å². The monoisotopic (exact) mass is 295 g/mol. The van der Waals surface area contributed by atoms with Crippen LogP contribution in [-0.2, 0) is 11.9 Å². The van der Waals surface area contributed by atoms with E-state index in [4.69, 9.17) is 4.74 Å². The molecule has 0 radical (unpaired) electrons. The van der Waals surface area contributed by atoms with Gasteiger partial charge in [0.15, 0.2) is 5.75 Å². The highest BCUT2D eigenvalue weighted by atomic mass is 79.9. The number of hydrogen-bond donors (Lipinski definition) is 0. The molecular formula is C12H14BrN3O. The van der Waals surface area contributed by atoms with Crippen LogP contribution in [0.5, 0.6) is 11.6 Å². The van der Waals surface area contributed by atoms with E-state index in [2.05, 4.69) is 32.9 Å². The summed E-state index contributed by atoms with van der Waals surface area (Å²) in [4.78, 5) is 4.21. The van der Waals surface area contributed by atoms with Crippen LogP contribution < -0.4 is 4.74 Å². The van der Waals surface area contributed by atoms with E-state index in [9.17, 15) is 0 Å². The number of halogens is 1. The van der Waals surface area contributed by atoms with Crippen molar-refractivity contribution in [3.8, 4) is 11.6 Å². The van der Waals surface area contributed by atoms with Crippen LogP contribution >= 0.6 is 15.9 Å². The summed E-state index contributed by atoms with van der Waals surface area (Å²) in [6, 6.07) is 3.87. The van der Waals surface area contributed by atoms with E-state index >= 15 is 0 Å². The number of aromatic nitrogens is 3. The van der Waals surface area contributed by atoms with Gasteiger partial charge in [-0.3, -0.25) is 4.68 Å². The van der Waals surface area contributed by atoms with Gasteiger partial charge in [0.25, 0.3) is 0 Å². The summed E-state index contributed by atoms with van der Waals surface area (Å²) in [5, 5.41) is 4.93. The van der Waals surface area contributed by atoms with Crippen molar-refractivity contribution in [3.05, 3.63) is 36.3 Å². The number of alkyl halides is 1. The van der Waals surface area contributed by atoms with Gasteiger partial charge in [-0.15, -0.1) is 0 Å². The lowest BCUT2D eigenvalue weighted by Crippen LogP contribution is -1.95. The molecule has 0 atom stereocenters. The van der Waals surface area contributed by atoms with Crippen LogP contribution in [0.15, 0.2) is 30.7 Å². The second-order valence-electron chi connectivity index (χ2n) is 3.64. The predicted octanol–water partition coefficient (Wildman–Crippen LogP) is 3.38. The molecule has 17 heavy (non-hydrogen) atoms. The standard InChI is InChI=1S/C12H14BrN3O/c1-2-6-16-9-11(8-15-16)17-12-10(7-13)4-3-5-14-12/h3-5,8-9H,2,6-7H2,1H3. The topological polar surface area (TPSA) is 39.9 Å². The first-order valence-electron chi connectivity index (χ1n) is 5.53. The van der Waals surface area contributed by atoms with Gasteiger partial charge in [0, 0.05) is 23.6 Å². The maximum Gasteiger partial charge on any atom is 0.223 e. The van der Waals surface area contributed by atoms with E-state index < -0.39 is 0 Å². The van der Waals surface area contributed by atoms with Gasteiger partial charge in [-0.1, -0.05) is 28.9 Å². The van der Waals surface area contributed by atoms with Crippen molar-refractivity contribution in [2.24, 2.45) is 0 Å². The van der Waals surface area contributed by atoms with Crippen molar-refractivity contribution < 1.29 is 4.74 Å². The Kier molecular flexibility index (Phi) is 4.14. The van der Waals surface area contributed by atoms with Crippen LogP contribution in [0.1, 0.15) is 18.9 Å². The summed E-state index contributed by atoms with van der Waals surface area (Å²) < 4.78 is 7.57. The molecule has 4 nitrogen and oxygen atoms in total. The molecule has 0 spiro atoms. The minimum absolute atomic E-state index is 0.625. The smallest absolute Gasteiger partial charge is 0.223 e.